The van der Waals surface area contributed by atoms with Crippen molar-refractivity contribution >= 4 is 44.0 Å². The Hall–Kier alpha value is -2.81. The summed E-state index contributed by atoms with van der Waals surface area (Å²) < 4.78 is 23.5. The van der Waals surface area contributed by atoms with Crippen LogP contribution in [0.4, 0.5) is 5.69 Å². The Morgan fingerprint density at radius 3 is 2.82 bits per heavy atom. The molecule has 8 nitrogen and oxygen atoms in total. The Balaban J connectivity index is 1.59. The van der Waals surface area contributed by atoms with Crippen LogP contribution in [0.3, 0.4) is 0 Å². The molecule has 1 N–H and O–H groups in total. The number of fused-ring (bicyclic) bond motifs is 1. The number of aromatic nitrogens is 1. The van der Waals surface area contributed by atoms with Crippen molar-refractivity contribution in [3.8, 4) is 0 Å². The van der Waals surface area contributed by atoms with E-state index in [1.54, 1.807) is 12.3 Å². The first-order valence-electron chi connectivity index (χ1n) is 9.10. The van der Waals surface area contributed by atoms with Crippen LogP contribution in [0.2, 0.25) is 0 Å². The summed E-state index contributed by atoms with van der Waals surface area (Å²) >= 11 is 0. The monoisotopic (exact) mass is 400 g/mol. The smallest absolute Gasteiger partial charge is 0.271 e. The molecule has 1 saturated heterocycles. The minimum atomic E-state index is -3.15. The molecule has 2 aliphatic heterocycles. The van der Waals surface area contributed by atoms with Gasteiger partial charge in [-0.1, -0.05) is 6.07 Å². The van der Waals surface area contributed by atoms with Crippen molar-refractivity contribution in [1.82, 2.24) is 9.99 Å². The maximum Gasteiger partial charge on any atom is 0.271 e. The van der Waals surface area contributed by atoms with Gasteiger partial charge < -0.3 is 5.32 Å². The van der Waals surface area contributed by atoms with Gasteiger partial charge in [-0.2, -0.15) is 5.10 Å². The van der Waals surface area contributed by atoms with Gasteiger partial charge in [0.05, 0.1) is 28.8 Å². The Labute approximate surface area is 162 Å². The molecule has 4 rings (SSSR count). The third kappa shape index (κ3) is 3.49. The molecule has 2 amide bonds. The molecule has 1 unspecified atom stereocenters. The highest BCUT2D eigenvalue weighted by atomic mass is 32.2. The van der Waals surface area contributed by atoms with Crippen molar-refractivity contribution in [2.75, 3.05) is 16.8 Å². The minimum absolute atomic E-state index is 0.0425. The third-order valence-electron chi connectivity index (χ3n) is 5.10. The standard InChI is InChI=1S/C19H20N4O4S/c1-12-4-5-15(14-3-2-9-20-18(12)14)21-19(25)16-6-7-17(24)23(22-16)13-8-10-28(26,27)11-13/h2-5,9,13H,6-8,10-11H2,1H3,(H,21,25). The summed E-state index contributed by atoms with van der Waals surface area (Å²) in [7, 11) is -3.15. The van der Waals surface area contributed by atoms with Crippen LogP contribution in [-0.4, -0.2) is 53.5 Å². The van der Waals surface area contributed by atoms with Crippen molar-refractivity contribution < 1.29 is 18.0 Å². The largest absolute Gasteiger partial charge is 0.320 e. The number of hydrogen-bond acceptors (Lipinski definition) is 6. The number of carbonyl (C=O) groups excluding carboxylic acids is 2. The van der Waals surface area contributed by atoms with Gasteiger partial charge in [0, 0.05) is 24.4 Å². The van der Waals surface area contributed by atoms with E-state index in [9.17, 15) is 18.0 Å². The normalized spacial score (nSPS) is 21.6. The number of anilines is 1. The van der Waals surface area contributed by atoms with Gasteiger partial charge in [0.15, 0.2) is 9.84 Å². The summed E-state index contributed by atoms with van der Waals surface area (Å²) in [4.78, 5) is 29.3. The molecule has 2 aliphatic rings. The van der Waals surface area contributed by atoms with Crippen LogP contribution >= 0.6 is 0 Å². The fourth-order valence-corrected chi connectivity index (χ4v) is 5.30. The molecule has 3 heterocycles. The topological polar surface area (TPSA) is 109 Å². The summed E-state index contributed by atoms with van der Waals surface area (Å²) in [5.74, 6) is -0.706. The van der Waals surface area contributed by atoms with Crippen LogP contribution in [0.15, 0.2) is 35.6 Å². The Morgan fingerprint density at radius 1 is 1.25 bits per heavy atom. The lowest BCUT2D eigenvalue weighted by atomic mass is 10.1. The van der Waals surface area contributed by atoms with Gasteiger partial charge >= 0.3 is 0 Å². The zero-order valence-corrected chi connectivity index (χ0v) is 16.2. The zero-order chi connectivity index (χ0) is 19.9. The molecule has 0 aliphatic carbocycles. The van der Waals surface area contributed by atoms with Gasteiger partial charge in [0.1, 0.15) is 5.71 Å². The van der Waals surface area contributed by atoms with E-state index in [2.05, 4.69) is 15.4 Å². The molecule has 1 aromatic heterocycles. The summed E-state index contributed by atoms with van der Waals surface area (Å²) in [5.41, 5.74) is 2.65. The van der Waals surface area contributed by atoms with Crippen LogP contribution in [0.5, 0.6) is 0 Å². The number of hydrazone groups is 1. The highest BCUT2D eigenvalue weighted by Crippen LogP contribution is 2.26. The van der Waals surface area contributed by atoms with Gasteiger partial charge in [-0.15, -0.1) is 0 Å². The summed E-state index contributed by atoms with van der Waals surface area (Å²) in [6.45, 7) is 1.95. The highest BCUT2D eigenvalue weighted by Gasteiger charge is 2.37. The van der Waals surface area contributed by atoms with Gasteiger partial charge in [-0.25, -0.2) is 13.4 Å². The van der Waals surface area contributed by atoms with Crippen LogP contribution < -0.4 is 5.32 Å². The molecular weight excluding hydrogens is 380 g/mol. The number of amides is 2. The molecule has 1 fully saturated rings. The lowest BCUT2D eigenvalue weighted by Gasteiger charge is -2.27. The molecule has 28 heavy (non-hydrogen) atoms. The van der Waals surface area contributed by atoms with Gasteiger partial charge in [0.25, 0.3) is 5.91 Å². The Kier molecular flexibility index (Phi) is 4.62. The second-order valence-corrected chi connectivity index (χ2v) is 9.35. The molecule has 1 aromatic carbocycles. The molecule has 2 aromatic rings. The number of aryl methyl sites for hydroxylation is 1. The first-order chi connectivity index (χ1) is 13.3. The number of pyridine rings is 1. The maximum atomic E-state index is 12.8. The van der Waals surface area contributed by atoms with Gasteiger partial charge in [-0.3, -0.25) is 14.6 Å². The SMILES string of the molecule is Cc1ccc(NC(=O)C2=NN(C3CCS(=O)(=O)C3)C(=O)CC2)c2cccnc12. The number of nitrogens with zero attached hydrogens (tertiary/aromatic N) is 3. The summed E-state index contributed by atoms with van der Waals surface area (Å²) in [6, 6.07) is 6.88. The third-order valence-corrected chi connectivity index (χ3v) is 6.85. The van der Waals surface area contributed by atoms with Crippen molar-refractivity contribution in [1.29, 1.82) is 0 Å². The number of rotatable bonds is 3. The average Bonchev–Trinajstić information content (AvgIpc) is 3.04. The first-order valence-corrected chi connectivity index (χ1v) is 10.9. The van der Waals surface area contributed by atoms with E-state index in [0.717, 1.165) is 16.5 Å². The van der Waals surface area contributed by atoms with Crippen molar-refractivity contribution in [2.24, 2.45) is 5.10 Å². The number of carbonyl (C=O) groups is 2. The van der Waals surface area contributed by atoms with Crippen molar-refractivity contribution in [3.63, 3.8) is 0 Å². The molecule has 0 spiro atoms. The molecule has 1 atom stereocenters. The van der Waals surface area contributed by atoms with Gasteiger partial charge in [0.2, 0.25) is 5.91 Å². The molecule has 0 saturated carbocycles. The average molecular weight is 400 g/mol. The van der Waals surface area contributed by atoms with E-state index in [0.29, 0.717) is 12.1 Å². The van der Waals surface area contributed by atoms with Crippen LogP contribution in [0.25, 0.3) is 10.9 Å². The number of sulfone groups is 1. The van der Waals surface area contributed by atoms with Crippen LogP contribution in [-0.2, 0) is 19.4 Å². The number of hydrogen-bond donors (Lipinski definition) is 1. The molecular formula is C19H20N4O4S. The number of nitrogens with one attached hydrogen (secondary N) is 1. The second-order valence-electron chi connectivity index (χ2n) is 7.13. The Morgan fingerprint density at radius 2 is 2.07 bits per heavy atom. The lowest BCUT2D eigenvalue weighted by molar-refractivity contribution is -0.133. The quantitative estimate of drug-likeness (QED) is 0.843. The van der Waals surface area contributed by atoms with E-state index in [-0.39, 0.29) is 36.0 Å². The Bertz CT molecular complexity index is 1110. The van der Waals surface area contributed by atoms with Gasteiger partial charge in [-0.05, 0) is 37.1 Å². The lowest BCUT2D eigenvalue weighted by Crippen LogP contribution is -2.42. The van der Waals surface area contributed by atoms with Crippen LogP contribution in [0.1, 0.15) is 24.8 Å². The predicted molar refractivity (Wildman–Crippen MR) is 106 cm³/mol. The minimum Gasteiger partial charge on any atom is -0.320 e. The number of benzene rings is 1. The highest BCUT2D eigenvalue weighted by molar-refractivity contribution is 7.91. The van der Waals surface area contributed by atoms with Crippen molar-refractivity contribution in [3.05, 3.63) is 36.0 Å². The molecule has 9 heteroatoms. The molecule has 0 bridgehead atoms. The van der Waals surface area contributed by atoms with E-state index in [1.807, 2.05) is 25.1 Å². The zero-order valence-electron chi connectivity index (χ0n) is 15.4. The second kappa shape index (κ2) is 6.97. The van der Waals surface area contributed by atoms with E-state index in [1.165, 1.54) is 5.01 Å². The van der Waals surface area contributed by atoms with E-state index >= 15 is 0 Å². The molecule has 0 radical (unpaired) electrons. The fraction of sp³-hybridized carbons (Fsp3) is 0.368. The van der Waals surface area contributed by atoms with E-state index in [4.69, 9.17) is 0 Å². The van der Waals surface area contributed by atoms with Crippen LogP contribution in [0, 0.1) is 6.92 Å². The fourth-order valence-electron chi connectivity index (χ4n) is 3.61. The first kappa shape index (κ1) is 18.5. The predicted octanol–water partition coefficient (Wildman–Crippen LogP) is 1.65. The molecule has 146 valence electrons. The van der Waals surface area contributed by atoms with E-state index < -0.39 is 21.8 Å². The summed E-state index contributed by atoms with van der Waals surface area (Å²) in [5, 5.41) is 9.08. The van der Waals surface area contributed by atoms with Crippen molar-refractivity contribution in [2.45, 2.75) is 32.2 Å². The maximum absolute atomic E-state index is 12.8. The summed E-state index contributed by atoms with van der Waals surface area (Å²) in [6.07, 6.45) is 2.41.